The zero-order valence-corrected chi connectivity index (χ0v) is 17.4. The number of amides is 2. The minimum atomic E-state index is -3.62. The van der Waals surface area contributed by atoms with Crippen molar-refractivity contribution in [1.29, 1.82) is 0 Å². The van der Waals surface area contributed by atoms with Crippen molar-refractivity contribution in [2.45, 2.75) is 30.6 Å². The fourth-order valence-electron chi connectivity index (χ4n) is 3.63. The van der Waals surface area contributed by atoms with Gasteiger partial charge in [0.25, 0.3) is 0 Å². The van der Waals surface area contributed by atoms with Crippen molar-refractivity contribution >= 4 is 33.2 Å². The molecule has 30 heavy (non-hydrogen) atoms. The second kappa shape index (κ2) is 8.57. The SMILES string of the molecule is O=C(Nc1cccc(NC(=O)C2CCCN(S(=O)(=O)c3ccccc3)C2)c1)C1CC1. The summed E-state index contributed by atoms with van der Waals surface area (Å²) < 4.78 is 27.1. The third-order valence-corrected chi connectivity index (χ3v) is 7.36. The fourth-order valence-corrected chi connectivity index (χ4v) is 5.17. The smallest absolute Gasteiger partial charge is 0.243 e. The van der Waals surface area contributed by atoms with Gasteiger partial charge < -0.3 is 10.6 Å². The topological polar surface area (TPSA) is 95.6 Å². The molecule has 0 aromatic heterocycles. The van der Waals surface area contributed by atoms with Crippen LogP contribution in [-0.4, -0.2) is 37.6 Å². The number of hydrogen-bond donors (Lipinski definition) is 2. The summed E-state index contributed by atoms with van der Waals surface area (Å²) in [4.78, 5) is 25.0. The summed E-state index contributed by atoms with van der Waals surface area (Å²) in [5.41, 5.74) is 1.22. The number of nitrogens with zero attached hydrogens (tertiary/aromatic N) is 1. The van der Waals surface area contributed by atoms with E-state index in [1.54, 1.807) is 54.6 Å². The quantitative estimate of drug-likeness (QED) is 0.741. The Morgan fingerprint density at radius 1 is 0.833 bits per heavy atom. The van der Waals surface area contributed by atoms with Gasteiger partial charge in [-0.1, -0.05) is 24.3 Å². The maximum Gasteiger partial charge on any atom is 0.243 e. The van der Waals surface area contributed by atoms with E-state index >= 15 is 0 Å². The lowest BCUT2D eigenvalue weighted by atomic mass is 9.98. The first-order valence-corrected chi connectivity index (χ1v) is 11.6. The van der Waals surface area contributed by atoms with Crippen molar-refractivity contribution in [3.8, 4) is 0 Å². The van der Waals surface area contributed by atoms with Crippen LogP contribution in [0.3, 0.4) is 0 Å². The van der Waals surface area contributed by atoms with Gasteiger partial charge in [0.15, 0.2) is 0 Å². The number of hydrogen-bond acceptors (Lipinski definition) is 4. The molecule has 2 fully saturated rings. The first-order chi connectivity index (χ1) is 14.4. The van der Waals surface area contributed by atoms with Gasteiger partial charge in [-0.3, -0.25) is 9.59 Å². The lowest BCUT2D eigenvalue weighted by Crippen LogP contribution is -2.43. The van der Waals surface area contributed by atoms with Gasteiger partial charge in [0.1, 0.15) is 0 Å². The molecule has 7 nitrogen and oxygen atoms in total. The molecule has 1 unspecified atom stereocenters. The van der Waals surface area contributed by atoms with Crippen molar-refractivity contribution in [3.05, 3.63) is 54.6 Å². The van der Waals surface area contributed by atoms with E-state index in [2.05, 4.69) is 10.6 Å². The number of piperidine rings is 1. The highest BCUT2D eigenvalue weighted by atomic mass is 32.2. The Morgan fingerprint density at radius 3 is 2.10 bits per heavy atom. The Kier molecular flexibility index (Phi) is 5.87. The summed E-state index contributed by atoms with van der Waals surface area (Å²) in [7, 11) is -3.62. The third-order valence-electron chi connectivity index (χ3n) is 5.48. The van der Waals surface area contributed by atoms with Gasteiger partial charge in [-0.05, 0) is 56.0 Å². The normalized spacial score (nSPS) is 19.8. The number of carbonyl (C=O) groups is 2. The molecule has 0 radical (unpaired) electrons. The number of rotatable bonds is 6. The number of nitrogens with one attached hydrogen (secondary N) is 2. The highest BCUT2D eigenvalue weighted by Gasteiger charge is 2.33. The van der Waals surface area contributed by atoms with Crippen LogP contribution in [0.4, 0.5) is 11.4 Å². The standard InChI is InChI=1S/C22H25N3O4S/c26-21(16-11-12-16)23-18-7-4-8-19(14-18)24-22(27)17-6-5-13-25(15-17)30(28,29)20-9-2-1-3-10-20/h1-4,7-10,14,16-17H,5-6,11-13,15H2,(H,23,26)(H,24,27). The molecule has 158 valence electrons. The molecule has 1 heterocycles. The van der Waals surface area contributed by atoms with Crippen LogP contribution >= 0.6 is 0 Å². The minimum Gasteiger partial charge on any atom is -0.326 e. The van der Waals surface area contributed by atoms with Gasteiger partial charge in [-0.2, -0.15) is 4.31 Å². The fraction of sp³-hybridized carbons (Fsp3) is 0.364. The Bertz CT molecular complexity index is 1040. The average molecular weight is 428 g/mol. The van der Waals surface area contributed by atoms with Crippen LogP contribution in [0.1, 0.15) is 25.7 Å². The maximum atomic E-state index is 12.9. The summed E-state index contributed by atoms with van der Waals surface area (Å²) in [5.74, 6) is -0.536. The van der Waals surface area contributed by atoms with Crippen LogP contribution in [0.25, 0.3) is 0 Å². The van der Waals surface area contributed by atoms with Gasteiger partial charge in [0.2, 0.25) is 21.8 Å². The summed E-state index contributed by atoms with van der Waals surface area (Å²) in [6.45, 7) is 0.560. The van der Waals surface area contributed by atoms with Crippen LogP contribution in [-0.2, 0) is 19.6 Å². The summed E-state index contributed by atoms with van der Waals surface area (Å²) in [6.07, 6.45) is 3.10. The lowest BCUT2D eigenvalue weighted by molar-refractivity contribution is -0.121. The summed E-state index contributed by atoms with van der Waals surface area (Å²) in [5, 5.41) is 5.73. The van der Waals surface area contributed by atoms with Gasteiger partial charge in [-0.15, -0.1) is 0 Å². The van der Waals surface area contributed by atoms with Gasteiger partial charge >= 0.3 is 0 Å². The average Bonchev–Trinajstić information content (AvgIpc) is 3.60. The van der Waals surface area contributed by atoms with Crippen molar-refractivity contribution in [3.63, 3.8) is 0 Å². The number of benzene rings is 2. The molecule has 2 aromatic rings. The van der Waals surface area contributed by atoms with Crippen LogP contribution in [0.5, 0.6) is 0 Å². The van der Waals surface area contributed by atoms with Crippen LogP contribution in [0.15, 0.2) is 59.5 Å². The minimum absolute atomic E-state index is 0.00696. The molecule has 8 heteroatoms. The molecular formula is C22H25N3O4S. The maximum absolute atomic E-state index is 12.9. The van der Waals surface area contributed by atoms with Crippen molar-refractivity contribution in [2.24, 2.45) is 11.8 Å². The van der Waals surface area contributed by atoms with Crippen molar-refractivity contribution < 1.29 is 18.0 Å². The predicted octanol–water partition coefficient (Wildman–Crippen LogP) is 3.07. The molecular weight excluding hydrogens is 402 g/mol. The third kappa shape index (κ3) is 4.71. The largest absolute Gasteiger partial charge is 0.326 e. The molecule has 2 aromatic carbocycles. The van der Waals surface area contributed by atoms with Crippen molar-refractivity contribution in [2.75, 3.05) is 23.7 Å². The molecule has 0 spiro atoms. The van der Waals surface area contributed by atoms with Crippen molar-refractivity contribution in [1.82, 2.24) is 4.31 Å². The Hall–Kier alpha value is -2.71. The lowest BCUT2D eigenvalue weighted by Gasteiger charge is -2.31. The van der Waals surface area contributed by atoms with E-state index in [1.165, 1.54) is 4.31 Å². The van der Waals surface area contributed by atoms with Gasteiger partial charge in [-0.25, -0.2) is 8.42 Å². The first kappa shape index (κ1) is 20.6. The Balaban J connectivity index is 1.40. The van der Waals surface area contributed by atoms with E-state index < -0.39 is 15.9 Å². The molecule has 2 aliphatic rings. The molecule has 0 bridgehead atoms. The Morgan fingerprint density at radius 2 is 1.47 bits per heavy atom. The molecule has 1 aliphatic heterocycles. The molecule has 4 rings (SSSR count). The summed E-state index contributed by atoms with van der Waals surface area (Å²) >= 11 is 0. The highest BCUT2D eigenvalue weighted by molar-refractivity contribution is 7.89. The van der Waals surface area contributed by atoms with E-state index in [0.29, 0.717) is 30.8 Å². The predicted molar refractivity (Wildman–Crippen MR) is 114 cm³/mol. The molecule has 1 saturated heterocycles. The van der Waals surface area contributed by atoms with E-state index in [-0.39, 0.29) is 29.2 Å². The van der Waals surface area contributed by atoms with Crippen LogP contribution in [0, 0.1) is 11.8 Å². The van der Waals surface area contributed by atoms with Crippen LogP contribution < -0.4 is 10.6 Å². The zero-order chi connectivity index (χ0) is 21.1. The van der Waals surface area contributed by atoms with E-state index in [0.717, 1.165) is 12.8 Å². The molecule has 2 N–H and O–H groups in total. The first-order valence-electron chi connectivity index (χ1n) is 10.2. The molecule has 2 amide bonds. The van der Waals surface area contributed by atoms with Gasteiger partial charge in [0.05, 0.1) is 10.8 Å². The number of sulfonamides is 1. The highest BCUT2D eigenvalue weighted by Crippen LogP contribution is 2.30. The summed E-state index contributed by atoms with van der Waals surface area (Å²) in [6, 6.07) is 15.3. The molecule has 1 saturated carbocycles. The number of anilines is 2. The molecule has 1 aliphatic carbocycles. The van der Waals surface area contributed by atoms with E-state index in [4.69, 9.17) is 0 Å². The van der Waals surface area contributed by atoms with Crippen LogP contribution in [0.2, 0.25) is 0 Å². The number of carbonyl (C=O) groups excluding carboxylic acids is 2. The molecule has 1 atom stereocenters. The zero-order valence-electron chi connectivity index (χ0n) is 16.6. The van der Waals surface area contributed by atoms with E-state index in [1.807, 2.05) is 0 Å². The van der Waals surface area contributed by atoms with Gasteiger partial charge in [0, 0.05) is 30.4 Å². The second-order valence-electron chi connectivity index (χ2n) is 7.85. The monoisotopic (exact) mass is 427 g/mol. The Labute approximate surface area is 176 Å². The second-order valence-corrected chi connectivity index (χ2v) is 9.79. The van der Waals surface area contributed by atoms with E-state index in [9.17, 15) is 18.0 Å².